The lowest BCUT2D eigenvalue weighted by atomic mass is 10.5. The number of anilines is 1. The van der Waals surface area contributed by atoms with Gasteiger partial charge in [-0.2, -0.15) is 9.97 Å². The van der Waals surface area contributed by atoms with Crippen LogP contribution in [0.5, 0.6) is 11.9 Å². The van der Waals surface area contributed by atoms with Gasteiger partial charge < -0.3 is 14.8 Å². The number of amides is 1. The van der Waals surface area contributed by atoms with Crippen molar-refractivity contribution in [2.75, 3.05) is 19.5 Å². The molecule has 2 heterocycles. The summed E-state index contributed by atoms with van der Waals surface area (Å²) >= 11 is 0. The van der Waals surface area contributed by atoms with Crippen LogP contribution < -0.4 is 14.8 Å². The molecule has 0 saturated carbocycles. The van der Waals surface area contributed by atoms with E-state index in [4.69, 9.17) is 9.47 Å². The number of hydrogen-bond acceptors (Lipinski definition) is 8. The largest absolute Gasteiger partial charge is 0.481 e. The van der Waals surface area contributed by atoms with Crippen molar-refractivity contribution in [1.29, 1.82) is 0 Å². The molecule has 0 fully saturated rings. The molecule has 2 rings (SSSR count). The highest BCUT2D eigenvalue weighted by atomic mass is 16.5. The third-order valence-corrected chi connectivity index (χ3v) is 2.04. The Morgan fingerprint density at radius 1 is 1.37 bits per heavy atom. The zero-order valence-corrected chi connectivity index (χ0v) is 10.3. The molecule has 0 aliphatic heterocycles. The van der Waals surface area contributed by atoms with Gasteiger partial charge in [0.2, 0.25) is 11.8 Å². The Labute approximate surface area is 107 Å². The van der Waals surface area contributed by atoms with E-state index in [-0.39, 0.29) is 30.2 Å². The van der Waals surface area contributed by atoms with Gasteiger partial charge in [-0.05, 0) is 10.4 Å². The number of carbonyl (C=O) groups excluding carboxylic acids is 1. The number of carbonyl (C=O) groups is 1. The SMILES string of the molecule is COc1cc(NC(=O)Cn2cnnn2)nc(OC)n1. The molecule has 2 aromatic heterocycles. The zero-order chi connectivity index (χ0) is 13.7. The molecule has 1 N–H and O–H groups in total. The first kappa shape index (κ1) is 12.7. The van der Waals surface area contributed by atoms with Crippen molar-refractivity contribution in [2.24, 2.45) is 0 Å². The highest BCUT2D eigenvalue weighted by Gasteiger charge is 2.09. The van der Waals surface area contributed by atoms with Gasteiger partial charge in [-0.15, -0.1) is 5.10 Å². The van der Waals surface area contributed by atoms with E-state index in [9.17, 15) is 4.79 Å². The van der Waals surface area contributed by atoms with E-state index in [2.05, 4.69) is 30.8 Å². The van der Waals surface area contributed by atoms with Crippen molar-refractivity contribution in [2.45, 2.75) is 6.54 Å². The molecule has 0 radical (unpaired) electrons. The second-order valence-corrected chi connectivity index (χ2v) is 3.34. The van der Waals surface area contributed by atoms with E-state index >= 15 is 0 Å². The fourth-order valence-electron chi connectivity index (χ4n) is 1.25. The first-order valence-corrected chi connectivity index (χ1v) is 5.19. The first-order valence-electron chi connectivity index (χ1n) is 5.19. The maximum atomic E-state index is 11.7. The lowest BCUT2D eigenvalue weighted by Crippen LogP contribution is -2.20. The number of aromatic nitrogens is 6. The number of rotatable bonds is 5. The van der Waals surface area contributed by atoms with Crippen molar-refractivity contribution >= 4 is 11.7 Å². The molecule has 10 nitrogen and oxygen atoms in total. The number of nitrogens with one attached hydrogen (secondary N) is 1. The summed E-state index contributed by atoms with van der Waals surface area (Å²) in [4.78, 5) is 19.6. The van der Waals surface area contributed by atoms with Crippen LogP contribution in [0.1, 0.15) is 0 Å². The lowest BCUT2D eigenvalue weighted by Gasteiger charge is -2.07. The van der Waals surface area contributed by atoms with Gasteiger partial charge in [0.15, 0.2) is 0 Å². The average molecular weight is 265 g/mol. The van der Waals surface area contributed by atoms with Crippen molar-refractivity contribution in [1.82, 2.24) is 30.2 Å². The standard InChI is InChI=1S/C9H11N7O3/c1-18-8-3-6(12-9(13-8)19-2)11-7(17)4-16-5-10-14-15-16/h3,5H,4H2,1-2H3,(H,11,12,13,17). The number of hydrogen-bond donors (Lipinski definition) is 1. The van der Waals surface area contributed by atoms with Crippen LogP contribution >= 0.6 is 0 Å². The third kappa shape index (κ3) is 3.34. The predicted octanol–water partition coefficient (Wildman–Crippen LogP) is -0.881. The highest BCUT2D eigenvalue weighted by Crippen LogP contribution is 2.16. The summed E-state index contributed by atoms with van der Waals surface area (Å²) in [7, 11) is 2.87. The van der Waals surface area contributed by atoms with E-state index in [0.29, 0.717) is 0 Å². The third-order valence-electron chi connectivity index (χ3n) is 2.04. The normalized spacial score (nSPS) is 10.0. The smallest absolute Gasteiger partial charge is 0.321 e. The van der Waals surface area contributed by atoms with E-state index in [1.165, 1.54) is 31.3 Å². The summed E-state index contributed by atoms with van der Waals surface area (Å²) in [5.41, 5.74) is 0. The van der Waals surface area contributed by atoms with Crippen LogP contribution in [0.2, 0.25) is 0 Å². The quantitative estimate of drug-likeness (QED) is 0.740. The summed E-state index contributed by atoms with van der Waals surface area (Å²) < 4.78 is 11.1. The van der Waals surface area contributed by atoms with Crippen molar-refractivity contribution in [3.63, 3.8) is 0 Å². The molecule has 0 spiro atoms. The van der Waals surface area contributed by atoms with Crippen LogP contribution in [0.4, 0.5) is 5.82 Å². The van der Waals surface area contributed by atoms with E-state index in [1.54, 1.807) is 0 Å². The molecule has 0 aliphatic carbocycles. The molecule has 10 heteroatoms. The first-order chi connectivity index (χ1) is 9.21. The molecule has 0 aliphatic rings. The monoisotopic (exact) mass is 265 g/mol. The minimum atomic E-state index is -0.338. The molecular formula is C9H11N7O3. The zero-order valence-electron chi connectivity index (χ0n) is 10.3. The Balaban J connectivity index is 2.07. The minimum Gasteiger partial charge on any atom is -0.481 e. The lowest BCUT2D eigenvalue weighted by molar-refractivity contribution is -0.116. The molecule has 0 saturated heterocycles. The summed E-state index contributed by atoms with van der Waals surface area (Å²) in [6, 6.07) is 1.57. The Hall–Kier alpha value is -2.78. The van der Waals surface area contributed by atoms with Crippen LogP contribution in [0, 0.1) is 0 Å². The van der Waals surface area contributed by atoms with E-state index < -0.39 is 0 Å². The Kier molecular flexibility index (Phi) is 3.81. The summed E-state index contributed by atoms with van der Waals surface area (Å²) in [6.07, 6.45) is 1.33. The summed E-state index contributed by atoms with van der Waals surface area (Å²) in [6.45, 7) is -0.0262. The molecule has 1 amide bonds. The maximum absolute atomic E-state index is 11.7. The number of nitrogens with zero attached hydrogens (tertiary/aromatic N) is 6. The molecule has 19 heavy (non-hydrogen) atoms. The van der Waals surface area contributed by atoms with E-state index in [0.717, 1.165) is 0 Å². The summed E-state index contributed by atoms with van der Waals surface area (Å²) in [5, 5.41) is 13.0. The van der Waals surface area contributed by atoms with Crippen LogP contribution in [-0.4, -0.2) is 50.3 Å². The second-order valence-electron chi connectivity index (χ2n) is 3.34. The minimum absolute atomic E-state index is 0.0262. The van der Waals surface area contributed by atoms with Crippen LogP contribution in [-0.2, 0) is 11.3 Å². The van der Waals surface area contributed by atoms with Gasteiger partial charge >= 0.3 is 6.01 Å². The topological polar surface area (TPSA) is 117 Å². The van der Waals surface area contributed by atoms with E-state index in [1.807, 2.05) is 0 Å². The van der Waals surface area contributed by atoms with Crippen molar-refractivity contribution in [3.05, 3.63) is 12.4 Å². The van der Waals surface area contributed by atoms with Gasteiger partial charge in [0.05, 0.1) is 14.2 Å². The number of methoxy groups -OCH3 is 2. The van der Waals surface area contributed by atoms with Gasteiger partial charge in [0.1, 0.15) is 18.7 Å². The predicted molar refractivity (Wildman–Crippen MR) is 61.6 cm³/mol. The summed E-state index contributed by atoms with van der Waals surface area (Å²) in [5.74, 6) is 0.210. The van der Waals surface area contributed by atoms with Crippen LogP contribution in [0.25, 0.3) is 0 Å². The molecule has 2 aromatic rings. The molecular weight excluding hydrogens is 254 g/mol. The Morgan fingerprint density at radius 3 is 2.84 bits per heavy atom. The highest BCUT2D eigenvalue weighted by molar-refractivity contribution is 5.89. The molecule has 0 atom stereocenters. The number of tetrazole rings is 1. The second kappa shape index (κ2) is 5.71. The van der Waals surface area contributed by atoms with Crippen LogP contribution in [0.3, 0.4) is 0 Å². The Bertz CT molecular complexity index is 535. The van der Waals surface area contributed by atoms with Gasteiger partial charge in [-0.1, -0.05) is 0 Å². The van der Waals surface area contributed by atoms with Crippen LogP contribution in [0.15, 0.2) is 12.4 Å². The fourth-order valence-corrected chi connectivity index (χ4v) is 1.25. The molecule has 0 aromatic carbocycles. The molecule has 100 valence electrons. The van der Waals surface area contributed by atoms with Gasteiger partial charge in [0, 0.05) is 6.07 Å². The molecule has 0 unspecified atom stereocenters. The molecule has 0 bridgehead atoms. The van der Waals surface area contributed by atoms with Crippen molar-refractivity contribution < 1.29 is 14.3 Å². The number of ether oxygens (including phenoxy) is 2. The van der Waals surface area contributed by atoms with Gasteiger partial charge in [-0.3, -0.25) is 4.79 Å². The average Bonchev–Trinajstić information content (AvgIpc) is 2.90. The Morgan fingerprint density at radius 2 is 2.21 bits per heavy atom. The van der Waals surface area contributed by atoms with Gasteiger partial charge in [-0.25, -0.2) is 4.68 Å². The van der Waals surface area contributed by atoms with Gasteiger partial charge in [0.25, 0.3) is 0 Å². The maximum Gasteiger partial charge on any atom is 0.321 e. The van der Waals surface area contributed by atoms with Crippen molar-refractivity contribution in [3.8, 4) is 11.9 Å². The fraction of sp³-hybridized carbons (Fsp3) is 0.333.